The zero-order chi connectivity index (χ0) is 35.9. The molecule has 0 heterocycles. The molecule has 0 radical (unpaired) electrons. The molecule has 0 aliphatic heterocycles. The third-order valence-corrected chi connectivity index (χ3v) is 7.15. The Bertz CT molecular complexity index is 1070. The highest BCUT2D eigenvalue weighted by atomic mass is 16.4. The van der Waals surface area contributed by atoms with Crippen molar-refractivity contribution < 1.29 is 48.9 Å². The summed E-state index contributed by atoms with van der Waals surface area (Å²) < 4.78 is 0. The normalized spacial score (nSPS) is 15.9. The van der Waals surface area contributed by atoms with Gasteiger partial charge in [0.1, 0.15) is 30.2 Å². The Kier molecular flexibility index (Phi) is 18.6. The van der Waals surface area contributed by atoms with Crippen LogP contribution < -0.4 is 38.1 Å². The van der Waals surface area contributed by atoms with E-state index in [0.29, 0.717) is 12.8 Å². The summed E-state index contributed by atoms with van der Waals surface area (Å²) in [5.74, 6) is -8.18. The van der Waals surface area contributed by atoms with E-state index in [0.717, 1.165) is 0 Å². The summed E-state index contributed by atoms with van der Waals surface area (Å²) in [5, 5.41) is 40.8. The Labute approximate surface area is 269 Å². The lowest BCUT2D eigenvalue weighted by molar-refractivity contribution is -0.147. The van der Waals surface area contributed by atoms with Gasteiger partial charge in [0, 0.05) is 0 Å². The van der Waals surface area contributed by atoms with Crippen LogP contribution in [0.3, 0.4) is 0 Å². The minimum absolute atomic E-state index is 0.0118. The minimum Gasteiger partial charge on any atom is -0.481 e. The van der Waals surface area contributed by atoms with Gasteiger partial charge in [0.2, 0.25) is 29.5 Å². The Morgan fingerprint density at radius 1 is 0.587 bits per heavy atom. The predicted octanol–water partition coefficient (Wildman–Crippen LogP) is -2.23. The maximum Gasteiger partial charge on any atom is 0.326 e. The lowest BCUT2D eigenvalue weighted by Crippen LogP contribution is -2.62. The van der Waals surface area contributed by atoms with Gasteiger partial charge < -0.3 is 53.4 Å². The number of aliphatic hydroxyl groups excluding tert-OH is 1. The maximum atomic E-state index is 13.4. The van der Waals surface area contributed by atoms with Crippen LogP contribution in [0.4, 0.5) is 0 Å². The van der Waals surface area contributed by atoms with Crippen molar-refractivity contribution in [1.29, 1.82) is 0 Å². The molecular formula is C29H53N7O10. The number of nitrogens with one attached hydrogen (secondary N) is 5. The van der Waals surface area contributed by atoms with E-state index in [1.807, 2.05) is 0 Å². The molecule has 0 rings (SSSR count). The average Bonchev–Trinajstić information content (AvgIpc) is 2.94. The fourth-order valence-corrected chi connectivity index (χ4v) is 4.18. The third-order valence-electron chi connectivity index (χ3n) is 7.15. The van der Waals surface area contributed by atoms with Crippen LogP contribution >= 0.6 is 0 Å². The summed E-state index contributed by atoms with van der Waals surface area (Å²) in [6.45, 7) is 11.6. The summed E-state index contributed by atoms with van der Waals surface area (Å²) in [6.07, 6.45) is -1.63. The van der Waals surface area contributed by atoms with Crippen LogP contribution in [0.5, 0.6) is 0 Å². The highest BCUT2D eigenvalue weighted by Gasteiger charge is 2.36. The average molecular weight is 660 g/mol. The molecule has 0 aromatic rings. The van der Waals surface area contributed by atoms with Gasteiger partial charge in [-0.15, -0.1) is 0 Å². The van der Waals surface area contributed by atoms with Crippen molar-refractivity contribution in [3.63, 3.8) is 0 Å². The molecule has 12 N–H and O–H groups in total. The fourth-order valence-electron chi connectivity index (χ4n) is 4.18. The quantitative estimate of drug-likeness (QED) is 0.0586. The summed E-state index contributed by atoms with van der Waals surface area (Å²) >= 11 is 0. The maximum absolute atomic E-state index is 13.4. The van der Waals surface area contributed by atoms with Crippen molar-refractivity contribution in [3.05, 3.63) is 0 Å². The molecule has 0 saturated heterocycles. The molecule has 0 aromatic heterocycles. The molecule has 0 fully saturated rings. The molecule has 7 atom stereocenters. The fraction of sp³-hybridized carbons (Fsp3) is 0.759. The van der Waals surface area contributed by atoms with Crippen molar-refractivity contribution in [1.82, 2.24) is 26.6 Å². The van der Waals surface area contributed by atoms with Crippen LogP contribution in [0.15, 0.2) is 0 Å². The van der Waals surface area contributed by atoms with Crippen LogP contribution in [0.25, 0.3) is 0 Å². The van der Waals surface area contributed by atoms with E-state index < -0.39 is 96.2 Å². The molecule has 0 spiro atoms. The molecule has 5 amide bonds. The van der Waals surface area contributed by atoms with Gasteiger partial charge in [0.05, 0.1) is 18.6 Å². The number of aliphatic hydroxyl groups is 1. The monoisotopic (exact) mass is 659 g/mol. The van der Waals surface area contributed by atoms with Crippen molar-refractivity contribution in [3.8, 4) is 0 Å². The van der Waals surface area contributed by atoms with Crippen molar-refractivity contribution >= 4 is 41.5 Å². The first-order chi connectivity index (χ1) is 21.2. The van der Waals surface area contributed by atoms with E-state index in [2.05, 4.69) is 26.6 Å². The first-order valence-electron chi connectivity index (χ1n) is 15.3. The van der Waals surface area contributed by atoms with Crippen LogP contribution in [0.1, 0.15) is 74.1 Å². The third kappa shape index (κ3) is 14.5. The van der Waals surface area contributed by atoms with Gasteiger partial charge in [-0.25, -0.2) is 4.79 Å². The van der Waals surface area contributed by atoms with E-state index in [1.165, 1.54) is 6.92 Å². The summed E-state index contributed by atoms with van der Waals surface area (Å²) in [5.41, 5.74) is 11.4. The number of carbonyl (C=O) groups excluding carboxylic acids is 5. The Balaban J connectivity index is 5.94. The van der Waals surface area contributed by atoms with E-state index in [9.17, 15) is 43.8 Å². The number of amides is 5. The van der Waals surface area contributed by atoms with Crippen LogP contribution in [-0.2, 0) is 33.6 Å². The lowest BCUT2D eigenvalue weighted by atomic mass is 9.98. The second kappa shape index (κ2) is 20.3. The Hall–Kier alpha value is -3.83. The zero-order valence-corrected chi connectivity index (χ0v) is 27.7. The highest BCUT2D eigenvalue weighted by Crippen LogP contribution is 2.10. The van der Waals surface area contributed by atoms with Gasteiger partial charge in [0.15, 0.2) is 0 Å². The van der Waals surface area contributed by atoms with Crippen LogP contribution in [-0.4, -0.2) is 106 Å². The van der Waals surface area contributed by atoms with Gasteiger partial charge in [-0.05, 0) is 50.5 Å². The number of carbonyl (C=O) groups is 7. The minimum atomic E-state index is -1.78. The first kappa shape index (κ1) is 42.2. The molecule has 0 aromatic carbocycles. The molecule has 0 aliphatic carbocycles. The van der Waals surface area contributed by atoms with E-state index in [4.69, 9.17) is 16.6 Å². The summed E-state index contributed by atoms with van der Waals surface area (Å²) in [6, 6.07) is -7.87. The number of carboxylic acid groups (broad SMARTS) is 2. The van der Waals surface area contributed by atoms with Gasteiger partial charge in [-0.3, -0.25) is 28.8 Å². The molecule has 7 unspecified atom stereocenters. The molecular weight excluding hydrogens is 606 g/mol. The number of hydrogen-bond acceptors (Lipinski definition) is 10. The van der Waals surface area contributed by atoms with E-state index in [1.54, 1.807) is 41.5 Å². The molecule has 17 nitrogen and oxygen atoms in total. The van der Waals surface area contributed by atoms with Gasteiger partial charge in [0.25, 0.3) is 0 Å². The molecule has 0 saturated carbocycles. The Morgan fingerprint density at radius 2 is 1.02 bits per heavy atom. The summed E-state index contributed by atoms with van der Waals surface area (Å²) in [4.78, 5) is 87.8. The topological polar surface area (TPSA) is 292 Å². The van der Waals surface area contributed by atoms with Crippen LogP contribution in [0.2, 0.25) is 0 Å². The van der Waals surface area contributed by atoms with E-state index in [-0.39, 0.29) is 24.8 Å². The standard InChI is InChI=1S/C29H53N7O10/c1-13(2)20(31)25(41)34-21(14(3)4)26(42)35-22(15(5)6)27(43)36-23(16(7)37)28(44)32-17(10-8-9-11-30)24(40)33-18(29(45)46)12-19(38)39/h13-18,20-23,37H,8-12,30-31H2,1-7H3,(H,32,44)(H,33,40)(H,34,41)(H,35,42)(H,36,43)(H,38,39)(H,45,46). The molecule has 264 valence electrons. The lowest BCUT2D eigenvalue weighted by Gasteiger charge is -2.30. The first-order valence-corrected chi connectivity index (χ1v) is 15.3. The SMILES string of the molecule is CC(C)C(N)C(=O)NC(C(=O)NC(C(=O)NC(C(=O)NC(CCCCN)C(=O)NC(CC(=O)O)C(=O)O)C(C)O)C(C)C)C(C)C. The van der Waals surface area contributed by atoms with Gasteiger partial charge in [-0.2, -0.15) is 0 Å². The second-order valence-corrected chi connectivity index (χ2v) is 12.3. The van der Waals surface area contributed by atoms with E-state index >= 15 is 0 Å². The van der Waals surface area contributed by atoms with Crippen molar-refractivity contribution in [2.24, 2.45) is 29.2 Å². The predicted molar refractivity (Wildman–Crippen MR) is 167 cm³/mol. The number of carboxylic acids is 2. The number of hydrogen-bond donors (Lipinski definition) is 10. The largest absolute Gasteiger partial charge is 0.481 e. The molecule has 46 heavy (non-hydrogen) atoms. The smallest absolute Gasteiger partial charge is 0.326 e. The second-order valence-electron chi connectivity index (χ2n) is 12.3. The molecule has 0 aliphatic rings. The number of aliphatic carboxylic acids is 2. The van der Waals surface area contributed by atoms with Crippen molar-refractivity contribution in [2.45, 2.75) is 117 Å². The molecule has 0 bridgehead atoms. The highest BCUT2D eigenvalue weighted by molar-refractivity contribution is 5.97. The molecule has 17 heteroatoms. The Morgan fingerprint density at radius 3 is 1.41 bits per heavy atom. The van der Waals surface area contributed by atoms with Gasteiger partial charge >= 0.3 is 11.9 Å². The number of rotatable bonds is 21. The van der Waals surface area contributed by atoms with Crippen molar-refractivity contribution in [2.75, 3.05) is 6.54 Å². The number of unbranched alkanes of at least 4 members (excludes halogenated alkanes) is 1. The summed E-state index contributed by atoms with van der Waals surface area (Å²) in [7, 11) is 0. The zero-order valence-electron chi connectivity index (χ0n) is 27.7. The van der Waals surface area contributed by atoms with Gasteiger partial charge in [-0.1, -0.05) is 41.5 Å². The van der Waals surface area contributed by atoms with Crippen LogP contribution in [0, 0.1) is 17.8 Å². The number of nitrogens with two attached hydrogens (primary N) is 2.